The molecule has 0 radical (unpaired) electrons. The highest BCUT2D eigenvalue weighted by atomic mass is 19.4. The van der Waals surface area contributed by atoms with Crippen LogP contribution in [0, 0.1) is 46.3 Å². The number of hydrogen-bond acceptors (Lipinski definition) is 3. The summed E-state index contributed by atoms with van der Waals surface area (Å²) in [5.74, 6) is 1.37. The second-order valence-electron chi connectivity index (χ2n) is 13.1. The molecule has 190 valence electrons. The Morgan fingerprint density at radius 2 is 1.74 bits per heavy atom. The smallest absolute Gasteiger partial charge is 0.349 e. The van der Waals surface area contributed by atoms with Gasteiger partial charge in [-0.1, -0.05) is 27.7 Å². The van der Waals surface area contributed by atoms with Gasteiger partial charge in [-0.15, -0.1) is 0 Å². The van der Waals surface area contributed by atoms with Crippen molar-refractivity contribution in [2.75, 3.05) is 6.61 Å². The van der Waals surface area contributed by atoms with E-state index in [4.69, 9.17) is 9.47 Å². The largest absolute Gasteiger partial charge is 0.419 e. The van der Waals surface area contributed by atoms with Gasteiger partial charge in [0.2, 0.25) is 0 Å². The number of halogens is 3. The topological polar surface area (TPSA) is 35.5 Å². The number of allylic oxidation sites excluding steroid dienone is 1. The summed E-state index contributed by atoms with van der Waals surface area (Å²) in [6.45, 7) is 9.82. The second kappa shape index (κ2) is 7.34. The molecule has 5 fully saturated rings. The minimum atomic E-state index is -4.54. The third-order valence-electron chi connectivity index (χ3n) is 11.7. The van der Waals surface area contributed by atoms with Crippen LogP contribution in [0.25, 0.3) is 0 Å². The molecule has 6 rings (SSSR count). The van der Waals surface area contributed by atoms with E-state index in [9.17, 15) is 18.0 Å². The molecule has 1 spiro atoms. The van der Waals surface area contributed by atoms with Crippen molar-refractivity contribution in [3.8, 4) is 0 Å². The SMILES string of the molecule is CC1C2[C@@H](C[C@H]3[C@@H]4CCC5=C(C(F)(F)F)C(=O)CC[C@]5(C)[C@H]4CC[C@]23C)O[C@]12CC[C@@H](C)CO2. The standard InChI is InChI=1S/C28H39F3O3/c1-15-7-12-27(33-14-15)16(2)23-22(34-27)13-20-17-5-6-19-24(28(29,30)31)21(32)9-11-25(19,3)18(17)8-10-26(20,23)4/h15-18,20,22-23H,5-14H2,1-4H3/t15-,16?,17-,18+,20+,22-,23?,25-,26+,27-/m1/s1. The number of fused-ring (bicyclic) bond motifs is 7. The van der Waals surface area contributed by atoms with Crippen molar-refractivity contribution in [1.82, 2.24) is 0 Å². The van der Waals surface area contributed by atoms with E-state index >= 15 is 0 Å². The number of Topliss-reactive ketones (excluding diaryl/α,β-unsaturated/α-hetero) is 1. The Labute approximate surface area is 201 Å². The van der Waals surface area contributed by atoms with Gasteiger partial charge in [0.15, 0.2) is 11.6 Å². The zero-order valence-electron chi connectivity index (χ0n) is 21.0. The minimum Gasteiger partial charge on any atom is -0.349 e. The zero-order valence-corrected chi connectivity index (χ0v) is 21.0. The highest BCUT2D eigenvalue weighted by molar-refractivity contribution is 5.98. The average Bonchev–Trinajstić information content (AvgIpc) is 3.20. The van der Waals surface area contributed by atoms with Crippen molar-refractivity contribution in [2.45, 2.75) is 104 Å². The fourth-order valence-corrected chi connectivity index (χ4v) is 10.1. The van der Waals surface area contributed by atoms with E-state index in [-0.39, 0.29) is 23.9 Å². The van der Waals surface area contributed by atoms with Crippen molar-refractivity contribution in [3.63, 3.8) is 0 Å². The molecule has 2 unspecified atom stereocenters. The van der Waals surface area contributed by atoms with Crippen LogP contribution in [0.3, 0.4) is 0 Å². The predicted molar refractivity (Wildman–Crippen MR) is 122 cm³/mol. The first-order valence-corrected chi connectivity index (χ1v) is 13.6. The summed E-state index contributed by atoms with van der Waals surface area (Å²) >= 11 is 0. The normalized spacial score (nSPS) is 52.9. The van der Waals surface area contributed by atoms with Crippen LogP contribution in [-0.2, 0) is 14.3 Å². The zero-order chi connectivity index (χ0) is 24.3. The predicted octanol–water partition coefficient (Wildman–Crippen LogP) is 6.85. The Morgan fingerprint density at radius 3 is 2.41 bits per heavy atom. The van der Waals surface area contributed by atoms with Gasteiger partial charge in [-0.2, -0.15) is 13.2 Å². The molecule has 0 aromatic rings. The van der Waals surface area contributed by atoms with E-state index in [0.717, 1.165) is 45.1 Å². The van der Waals surface area contributed by atoms with E-state index in [1.807, 2.05) is 6.92 Å². The van der Waals surface area contributed by atoms with Crippen LogP contribution in [0.4, 0.5) is 13.2 Å². The molecular weight excluding hydrogens is 441 g/mol. The van der Waals surface area contributed by atoms with Gasteiger partial charge in [0, 0.05) is 18.8 Å². The van der Waals surface area contributed by atoms with Crippen LogP contribution in [0.1, 0.15) is 85.5 Å². The molecule has 0 bridgehead atoms. The van der Waals surface area contributed by atoms with E-state index < -0.39 is 28.7 Å². The number of hydrogen-bond donors (Lipinski definition) is 0. The number of carbonyl (C=O) groups excluding carboxylic acids is 1. The highest BCUT2D eigenvalue weighted by Crippen LogP contribution is 2.71. The lowest BCUT2D eigenvalue weighted by Crippen LogP contribution is -2.53. The summed E-state index contributed by atoms with van der Waals surface area (Å²) in [4.78, 5) is 12.4. The minimum absolute atomic E-state index is 0.0314. The summed E-state index contributed by atoms with van der Waals surface area (Å²) in [6.07, 6.45) is 2.56. The van der Waals surface area contributed by atoms with Crippen LogP contribution in [0.5, 0.6) is 0 Å². The van der Waals surface area contributed by atoms with Gasteiger partial charge in [-0.25, -0.2) is 0 Å². The number of alkyl halides is 3. The molecule has 2 aliphatic heterocycles. The maximum atomic E-state index is 13.9. The van der Waals surface area contributed by atoms with Gasteiger partial charge in [0.05, 0.1) is 18.3 Å². The summed E-state index contributed by atoms with van der Waals surface area (Å²) < 4.78 is 55.0. The van der Waals surface area contributed by atoms with E-state index in [1.54, 1.807) is 0 Å². The first kappa shape index (κ1) is 23.5. The third kappa shape index (κ3) is 2.99. The van der Waals surface area contributed by atoms with Gasteiger partial charge in [0.25, 0.3) is 0 Å². The van der Waals surface area contributed by atoms with Crippen LogP contribution < -0.4 is 0 Å². The van der Waals surface area contributed by atoms with Gasteiger partial charge < -0.3 is 9.47 Å². The van der Waals surface area contributed by atoms with Crippen molar-refractivity contribution in [3.05, 3.63) is 11.1 Å². The third-order valence-corrected chi connectivity index (χ3v) is 11.7. The lowest BCUT2D eigenvalue weighted by molar-refractivity contribution is -0.272. The molecule has 10 atom stereocenters. The van der Waals surface area contributed by atoms with Crippen molar-refractivity contribution >= 4 is 5.78 Å². The first-order chi connectivity index (χ1) is 15.9. The van der Waals surface area contributed by atoms with Gasteiger partial charge in [-0.05, 0) is 90.9 Å². The van der Waals surface area contributed by atoms with Crippen LogP contribution in [0.2, 0.25) is 0 Å². The maximum Gasteiger partial charge on any atom is 0.419 e. The Morgan fingerprint density at radius 1 is 0.971 bits per heavy atom. The monoisotopic (exact) mass is 480 g/mol. The van der Waals surface area contributed by atoms with Gasteiger partial charge in [0.1, 0.15) is 0 Å². The Balaban J connectivity index is 1.30. The van der Waals surface area contributed by atoms with Crippen LogP contribution in [0.15, 0.2) is 11.1 Å². The lowest BCUT2D eigenvalue weighted by Gasteiger charge is -2.59. The molecule has 0 aromatic heterocycles. The molecule has 4 aliphatic carbocycles. The molecule has 0 N–H and O–H groups in total. The fraction of sp³-hybridized carbons (Fsp3) is 0.893. The summed E-state index contributed by atoms with van der Waals surface area (Å²) in [6, 6.07) is 0. The quantitative estimate of drug-likeness (QED) is 0.380. The molecule has 3 nitrogen and oxygen atoms in total. The van der Waals surface area contributed by atoms with E-state index in [0.29, 0.717) is 48.0 Å². The second-order valence-corrected chi connectivity index (χ2v) is 13.1. The molecule has 34 heavy (non-hydrogen) atoms. The number of ether oxygens (including phenoxy) is 2. The first-order valence-electron chi connectivity index (χ1n) is 13.6. The van der Waals surface area contributed by atoms with E-state index in [2.05, 4.69) is 20.8 Å². The van der Waals surface area contributed by atoms with Crippen molar-refractivity contribution in [2.24, 2.45) is 46.3 Å². The summed E-state index contributed by atoms with van der Waals surface area (Å²) in [5.41, 5.74) is -0.737. The summed E-state index contributed by atoms with van der Waals surface area (Å²) in [7, 11) is 0. The molecule has 0 amide bonds. The Kier molecular flexibility index (Phi) is 5.07. The highest BCUT2D eigenvalue weighted by Gasteiger charge is 2.69. The number of rotatable bonds is 0. The molecule has 3 saturated carbocycles. The number of carbonyl (C=O) groups is 1. The lowest BCUT2D eigenvalue weighted by atomic mass is 9.45. The van der Waals surface area contributed by atoms with Gasteiger partial charge >= 0.3 is 6.18 Å². The molecule has 6 aliphatic rings. The molecule has 0 aromatic carbocycles. The molecule has 6 heteroatoms. The molecule has 2 saturated heterocycles. The van der Waals surface area contributed by atoms with Crippen molar-refractivity contribution in [1.29, 1.82) is 0 Å². The fourth-order valence-electron chi connectivity index (χ4n) is 10.1. The Bertz CT molecular complexity index is 916. The maximum absolute atomic E-state index is 13.9. The Hall–Kier alpha value is -0.880. The number of ketones is 1. The van der Waals surface area contributed by atoms with Crippen LogP contribution >= 0.6 is 0 Å². The van der Waals surface area contributed by atoms with E-state index in [1.165, 1.54) is 0 Å². The van der Waals surface area contributed by atoms with Gasteiger partial charge in [-0.3, -0.25) is 4.79 Å². The average molecular weight is 481 g/mol. The van der Waals surface area contributed by atoms with Crippen LogP contribution in [-0.4, -0.2) is 30.5 Å². The molecule has 2 heterocycles. The van der Waals surface area contributed by atoms with Crippen molar-refractivity contribution < 1.29 is 27.4 Å². The summed E-state index contributed by atoms with van der Waals surface area (Å²) in [5, 5.41) is 0. The molecular formula is C28H39F3O3.